The number of halogens is 1. The summed E-state index contributed by atoms with van der Waals surface area (Å²) in [6.45, 7) is 3.51. The maximum Gasteiger partial charge on any atom is 0.260 e. The number of nitrogens with zero attached hydrogens (tertiary/aromatic N) is 1. The van der Waals surface area contributed by atoms with Crippen LogP contribution in [0.5, 0.6) is 5.75 Å². The molecule has 132 valence electrons. The molecule has 1 N–H and O–H groups in total. The number of likely N-dealkylation sites (N-methyl/N-ethyl adjacent to an activating group) is 1. The molecular formula is C19H21FN2O3. The zero-order valence-corrected chi connectivity index (χ0v) is 14.5. The highest BCUT2D eigenvalue weighted by Gasteiger charge is 2.15. The second-order valence-corrected chi connectivity index (χ2v) is 5.82. The van der Waals surface area contributed by atoms with Gasteiger partial charge in [0.05, 0.1) is 6.54 Å². The molecular weight excluding hydrogens is 323 g/mol. The molecule has 0 heterocycles. The van der Waals surface area contributed by atoms with Crippen molar-refractivity contribution in [3.05, 3.63) is 59.4 Å². The van der Waals surface area contributed by atoms with Gasteiger partial charge in [-0.05, 0) is 43.2 Å². The summed E-state index contributed by atoms with van der Waals surface area (Å²) in [6, 6.07) is 11.3. The molecule has 6 heteroatoms. The van der Waals surface area contributed by atoms with E-state index in [0.717, 1.165) is 11.1 Å². The van der Waals surface area contributed by atoms with Gasteiger partial charge in [0, 0.05) is 12.7 Å². The molecule has 0 spiro atoms. The fourth-order valence-electron chi connectivity index (χ4n) is 2.34. The van der Waals surface area contributed by atoms with Gasteiger partial charge in [0.2, 0.25) is 5.91 Å². The monoisotopic (exact) mass is 344 g/mol. The molecule has 0 fully saturated rings. The fourth-order valence-corrected chi connectivity index (χ4v) is 2.34. The number of hydrogen-bond donors (Lipinski definition) is 1. The van der Waals surface area contributed by atoms with Crippen LogP contribution in [0.4, 0.5) is 10.1 Å². The van der Waals surface area contributed by atoms with Crippen LogP contribution in [0.1, 0.15) is 11.1 Å². The summed E-state index contributed by atoms with van der Waals surface area (Å²) >= 11 is 0. The van der Waals surface area contributed by atoms with Crippen molar-refractivity contribution in [2.75, 3.05) is 25.5 Å². The van der Waals surface area contributed by atoms with Crippen molar-refractivity contribution in [1.82, 2.24) is 4.90 Å². The molecule has 0 aromatic heterocycles. The number of hydrogen-bond acceptors (Lipinski definition) is 3. The van der Waals surface area contributed by atoms with E-state index in [4.69, 9.17) is 4.74 Å². The Bertz CT molecular complexity index is 757. The average Bonchev–Trinajstić information content (AvgIpc) is 2.54. The van der Waals surface area contributed by atoms with Crippen LogP contribution in [0, 0.1) is 19.7 Å². The van der Waals surface area contributed by atoms with Crippen molar-refractivity contribution >= 4 is 17.5 Å². The number of rotatable bonds is 6. The predicted molar refractivity (Wildman–Crippen MR) is 94.1 cm³/mol. The first-order valence-corrected chi connectivity index (χ1v) is 7.85. The van der Waals surface area contributed by atoms with Crippen molar-refractivity contribution in [3.8, 4) is 5.75 Å². The lowest BCUT2D eigenvalue weighted by Crippen LogP contribution is -2.37. The van der Waals surface area contributed by atoms with Crippen LogP contribution >= 0.6 is 0 Å². The van der Waals surface area contributed by atoms with Crippen LogP contribution in [0.2, 0.25) is 0 Å². The van der Waals surface area contributed by atoms with Crippen LogP contribution in [-0.2, 0) is 9.59 Å². The molecule has 0 unspecified atom stereocenters. The predicted octanol–water partition coefficient (Wildman–Crippen LogP) is 2.92. The van der Waals surface area contributed by atoms with Gasteiger partial charge in [-0.2, -0.15) is 0 Å². The van der Waals surface area contributed by atoms with Gasteiger partial charge in [0.25, 0.3) is 5.91 Å². The summed E-state index contributed by atoms with van der Waals surface area (Å²) in [5.74, 6) is -0.497. The third-order valence-corrected chi connectivity index (χ3v) is 3.66. The van der Waals surface area contributed by atoms with Crippen molar-refractivity contribution in [1.29, 1.82) is 0 Å². The van der Waals surface area contributed by atoms with E-state index < -0.39 is 11.7 Å². The first-order valence-electron chi connectivity index (χ1n) is 7.85. The highest BCUT2D eigenvalue weighted by molar-refractivity contribution is 5.94. The third-order valence-electron chi connectivity index (χ3n) is 3.66. The minimum absolute atomic E-state index is 0.147. The van der Waals surface area contributed by atoms with E-state index in [1.165, 1.54) is 30.1 Å². The summed E-state index contributed by atoms with van der Waals surface area (Å²) < 4.78 is 18.7. The highest BCUT2D eigenvalue weighted by Crippen LogP contribution is 2.22. The zero-order chi connectivity index (χ0) is 18.4. The summed E-state index contributed by atoms with van der Waals surface area (Å²) in [5.41, 5.74) is 2.23. The Morgan fingerprint density at radius 1 is 1.12 bits per heavy atom. The Morgan fingerprint density at radius 2 is 1.76 bits per heavy atom. The Morgan fingerprint density at radius 3 is 2.40 bits per heavy atom. The number of aryl methyl sites for hydroxylation is 2. The van der Waals surface area contributed by atoms with Gasteiger partial charge in [0.15, 0.2) is 6.61 Å². The molecule has 5 nitrogen and oxygen atoms in total. The standard InChI is InChI=1S/C19H21FN2O3/c1-13-6-4-7-14(2)19(13)25-12-18(24)22(3)11-17(23)21-16-9-5-8-15(20)10-16/h4-10H,11-12H2,1-3H3,(H,21,23). The van der Waals surface area contributed by atoms with E-state index in [1.807, 2.05) is 32.0 Å². The van der Waals surface area contributed by atoms with E-state index in [0.29, 0.717) is 11.4 Å². The maximum atomic E-state index is 13.1. The molecule has 2 aromatic carbocycles. The zero-order valence-electron chi connectivity index (χ0n) is 14.5. The normalized spacial score (nSPS) is 10.2. The molecule has 0 aliphatic carbocycles. The van der Waals surface area contributed by atoms with E-state index in [9.17, 15) is 14.0 Å². The van der Waals surface area contributed by atoms with Gasteiger partial charge in [-0.3, -0.25) is 9.59 Å². The van der Waals surface area contributed by atoms with Crippen LogP contribution in [0.3, 0.4) is 0 Å². The van der Waals surface area contributed by atoms with E-state index >= 15 is 0 Å². The van der Waals surface area contributed by atoms with Gasteiger partial charge in [-0.25, -0.2) is 4.39 Å². The van der Waals surface area contributed by atoms with Crippen molar-refractivity contribution in [2.24, 2.45) is 0 Å². The van der Waals surface area contributed by atoms with Crippen molar-refractivity contribution in [3.63, 3.8) is 0 Å². The topological polar surface area (TPSA) is 58.6 Å². The second kappa shape index (κ2) is 8.28. The molecule has 0 saturated carbocycles. The minimum atomic E-state index is -0.441. The Kier molecular flexibility index (Phi) is 6.11. The largest absolute Gasteiger partial charge is 0.483 e. The maximum absolute atomic E-state index is 13.1. The molecule has 0 aliphatic heterocycles. The Balaban J connectivity index is 1.86. The average molecular weight is 344 g/mol. The number of carbonyl (C=O) groups is 2. The molecule has 0 bridgehead atoms. The molecule has 2 rings (SSSR count). The van der Waals surface area contributed by atoms with Gasteiger partial charge in [0.1, 0.15) is 11.6 Å². The third kappa shape index (κ3) is 5.31. The van der Waals surface area contributed by atoms with Crippen LogP contribution in [0.15, 0.2) is 42.5 Å². The lowest BCUT2D eigenvalue weighted by Gasteiger charge is -2.18. The minimum Gasteiger partial charge on any atom is -0.483 e. The molecule has 2 aromatic rings. The van der Waals surface area contributed by atoms with Crippen LogP contribution in [0.25, 0.3) is 0 Å². The van der Waals surface area contributed by atoms with Crippen LogP contribution < -0.4 is 10.1 Å². The number of nitrogens with one attached hydrogen (secondary N) is 1. The SMILES string of the molecule is Cc1cccc(C)c1OCC(=O)N(C)CC(=O)Nc1cccc(F)c1. The van der Waals surface area contributed by atoms with Gasteiger partial charge in [-0.15, -0.1) is 0 Å². The number of anilines is 1. The van der Waals surface area contributed by atoms with Crippen molar-refractivity contribution < 1.29 is 18.7 Å². The Hall–Kier alpha value is -2.89. The van der Waals surface area contributed by atoms with Gasteiger partial charge < -0.3 is 15.0 Å². The lowest BCUT2D eigenvalue weighted by atomic mass is 10.1. The number of ether oxygens (including phenoxy) is 1. The smallest absolute Gasteiger partial charge is 0.260 e. The Labute approximate surface area is 146 Å². The molecule has 25 heavy (non-hydrogen) atoms. The van der Waals surface area contributed by atoms with E-state index in [-0.39, 0.29) is 19.1 Å². The summed E-state index contributed by atoms with van der Waals surface area (Å²) in [7, 11) is 1.52. The highest BCUT2D eigenvalue weighted by atomic mass is 19.1. The fraction of sp³-hybridized carbons (Fsp3) is 0.263. The van der Waals surface area contributed by atoms with Crippen LogP contribution in [-0.4, -0.2) is 36.9 Å². The quantitative estimate of drug-likeness (QED) is 0.877. The summed E-state index contributed by atoms with van der Waals surface area (Å²) in [5, 5.41) is 2.55. The second-order valence-electron chi connectivity index (χ2n) is 5.82. The first-order chi connectivity index (χ1) is 11.9. The first kappa shape index (κ1) is 18.4. The molecule has 0 saturated heterocycles. The molecule has 2 amide bonds. The molecule has 0 aliphatic rings. The molecule has 0 radical (unpaired) electrons. The summed E-state index contributed by atoms with van der Waals surface area (Å²) in [6.07, 6.45) is 0. The van der Waals surface area contributed by atoms with Gasteiger partial charge in [-0.1, -0.05) is 24.3 Å². The summed E-state index contributed by atoms with van der Waals surface area (Å²) in [4.78, 5) is 25.4. The number of para-hydroxylation sites is 1. The number of benzene rings is 2. The van der Waals surface area contributed by atoms with E-state index in [1.54, 1.807) is 6.07 Å². The van der Waals surface area contributed by atoms with E-state index in [2.05, 4.69) is 5.32 Å². The number of carbonyl (C=O) groups excluding carboxylic acids is 2. The molecule has 0 atom stereocenters. The lowest BCUT2D eigenvalue weighted by molar-refractivity contribution is -0.135. The number of amides is 2. The van der Waals surface area contributed by atoms with Gasteiger partial charge >= 0.3 is 0 Å². The van der Waals surface area contributed by atoms with Crippen molar-refractivity contribution in [2.45, 2.75) is 13.8 Å².